The first-order chi connectivity index (χ1) is 13.4. The highest BCUT2D eigenvalue weighted by atomic mass is 35.5. The lowest BCUT2D eigenvalue weighted by Crippen LogP contribution is -2.47. The van der Waals surface area contributed by atoms with Crippen LogP contribution in [0.1, 0.15) is 34.8 Å². The number of amides is 2. The molecule has 6 nitrogen and oxygen atoms in total. The number of rotatable bonds is 7. The second kappa shape index (κ2) is 9.03. The van der Waals surface area contributed by atoms with Gasteiger partial charge >= 0.3 is 0 Å². The monoisotopic (exact) mass is 417 g/mol. The number of carbonyl (C=O) groups excluding carboxylic acids is 2. The van der Waals surface area contributed by atoms with Crippen LogP contribution in [0.3, 0.4) is 0 Å². The third-order valence-corrected chi connectivity index (χ3v) is 5.18. The number of benzene rings is 1. The third kappa shape index (κ3) is 5.21. The van der Waals surface area contributed by atoms with Crippen LogP contribution in [-0.2, 0) is 11.2 Å². The van der Waals surface area contributed by atoms with Crippen molar-refractivity contribution in [3.63, 3.8) is 0 Å². The molecule has 0 aliphatic heterocycles. The smallest absolute Gasteiger partial charge is 0.287 e. The maximum Gasteiger partial charge on any atom is 0.287 e. The van der Waals surface area contributed by atoms with Gasteiger partial charge in [0.1, 0.15) is 6.04 Å². The standard InChI is InChI=1S/C20H20ClN3O3S/c1-12(2)17(23-18(25)16-7-4-8-27-16)19(26)24-20-22-11-15(28-20)10-13-5-3-6-14(21)9-13/h3-9,11-12,17H,10H2,1-2H3,(H,23,25)(H,22,24,26). The lowest BCUT2D eigenvalue weighted by atomic mass is 10.0. The Morgan fingerprint density at radius 1 is 1.25 bits per heavy atom. The van der Waals surface area contributed by atoms with E-state index in [4.69, 9.17) is 16.0 Å². The Kier molecular flexibility index (Phi) is 6.49. The molecule has 0 bridgehead atoms. The number of aromatic nitrogens is 1. The molecule has 8 heteroatoms. The van der Waals surface area contributed by atoms with Gasteiger partial charge in [0.05, 0.1) is 6.26 Å². The van der Waals surface area contributed by atoms with Gasteiger partial charge in [-0.05, 0) is 35.7 Å². The van der Waals surface area contributed by atoms with E-state index in [0.717, 1.165) is 10.4 Å². The van der Waals surface area contributed by atoms with Gasteiger partial charge in [-0.25, -0.2) is 4.98 Å². The van der Waals surface area contributed by atoms with E-state index in [0.29, 0.717) is 16.6 Å². The summed E-state index contributed by atoms with van der Waals surface area (Å²) in [6, 6.07) is 10.1. The lowest BCUT2D eigenvalue weighted by molar-refractivity contribution is -0.118. The third-order valence-electron chi connectivity index (χ3n) is 4.03. The second-order valence-corrected chi connectivity index (χ2v) is 8.15. The van der Waals surface area contributed by atoms with E-state index in [1.807, 2.05) is 38.1 Å². The molecule has 2 heterocycles. The molecular weight excluding hydrogens is 398 g/mol. The Morgan fingerprint density at radius 2 is 2.07 bits per heavy atom. The molecule has 2 aromatic heterocycles. The molecule has 3 aromatic rings. The van der Waals surface area contributed by atoms with Gasteiger partial charge in [0.2, 0.25) is 5.91 Å². The average molecular weight is 418 g/mol. The minimum atomic E-state index is -0.710. The molecule has 0 aliphatic rings. The Bertz CT molecular complexity index is 953. The van der Waals surface area contributed by atoms with E-state index in [1.54, 1.807) is 18.3 Å². The fraction of sp³-hybridized carbons (Fsp3) is 0.250. The molecule has 0 saturated carbocycles. The van der Waals surface area contributed by atoms with Crippen molar-refractivity contribution in [3.8, 4) is 0 Å². The summed E-state index contributed by atoms with van der Waals surface area (Å²) in [5.74, 6) is -0.695. The number of nitrogens with one attached hydrogen (secondary N) is 2. The molecular formula is C20H20ClN3O3S. The molecule has 1 unspecified atom stereocenters. The van der Waals surface area contributed by atoms with Gasteiger partial charge in [-0.2, -0.15) is 0 Å². The summed E-state index contributed by atoms with van der Waals surface area (Å²) >= 11 is 7.41. The number of anilines is 1. The van der Waals surface area contributed by atoms with Gasteiger partial charge in [0.25, 0.3) is 5.91 Å². The normalized spacial score (nSPS) is 12.0. The SMILES string of the molecule is CC(C)C(NC(=O)c1ccco1)C(=O)Nc1ncc(Cc2cccc(Cl)c2)s1. The molecule has 0 aliphatic carbocycles. The van der Waals surface area contributed by atoms with E-state index >= 15 is 0 Å². The average Bonchev–Trinajstić information content (AvgIpc) is 3.31. The minimum absolute atomic E-state index is 0.107. The van der Waals surface area contributed by atoms with E-state index in [-0.39, 0.29) is 17.6 Å². The number of thiazole rings is 1. The van der Waals surface area contributed by atoms with Crippen LogP contribution < -0.4 is 10.6 Å². The molecule has 2 amide bonds. The number of hydrogen-bond donors (Lipinski definition) is 2. The molecule has 0 fully saturated rings. The molecule has 146 valence electrons. The van der Waals surface area contributed by atoms with Crippen molar-refractivity contribution in [2.75, 3.05) is 5.32 Å². The Hall–Kier alpha value is -2.64. The fourth-order valence-corrected chi connectivity index (χ4v) is 3.70. The Labute approximate surface area is 171 Å². The van der Waals surface area contributed by atoms with Crippen LogP contribution in [0.2, 0.25) is 5.02 Å². The van der Waals surface area contributed by atoms with Gasteiger partial charge in [-0.1, -0.05) is 37.6 Å². The molecule has 1 aromatic carbocycles. The van der Waals surface area contributed by atoms with Gasteiger partial charge in [0, 0.05) is 22.5 Å². The zero-order valence-electron chi connectivity index (χ0n) is 15.4. The van der Waals surface area contributed by atoms with Crippen LogP contribution in [0.5, 0.6) is 0 Å². The number of nitrogens with zero attached hydrogens (tertiary/aromatic N) is 1. The molecule has 3 rings (SSSR count). The van der Waals surface area contributed by atoms with Gasteiger partial charge in [0.15, 0.2) is 10.9 Å². The van der Waals surface area contributed by atoms with Crippen molar-refractivity contribution in [2.45, 2.75) is 26.3 Å². The van der Waals surface area contributed by atoms with E-state index in [1.165, 1.54) is 17.6 Å². The predicted octanol–water partition coefficient (Wildman–Crippen LogP) is 4.37. The molecule has 2 N–H and O–H groups in total. The summed E-state index contributed by atoms with van der Waals surface area (Å²) in [7, 11) is 0. The van der Waals surface area contributed by atoms with E-state index < -0.39 is 11.9 Å². The summed E-state index contributed by atoms with van der Waals surface area (Å²) < 4.78 is 5.08. The quantitative estimate of drug-likeness (QED) is 0.597. The molecule has 28 heavy (non-hydrogen) atoms. The molecule has 0 saturated heterocycles. The zero-order chi connectivity index (χ0) is 20.1. The van der Waals surface area contributed by atoms with Crippen molar-refractivity contribution < 1.29 is 14.0 Å². The summed E-state index contributed by atoms with van der Waals surface area (Å²) in [4.78, 5) is 30.1. The summed E-state index contributed by atoms with van der Waals surface area (Å²) in [6.07, 6.45) is 3.82. The molecule has 0 radical (unpaired) electrons. The number of furan rings is 1. The van der Waals surface area contributed by atoms with Crippen molar-refractivity contribution in [3.05, 3.63) is 70.1 Å². The van der Waals surface area contributed by atoms with E-state index in [2.05, 4.69) is 15.6 Å². The summed E-state index contributed by atoms with van der Waals surface area (Å²) in [5.41, 5.74) is 1.07. The van der Waals surface area contributed by atoms with Crippen molar-refractivity contribution >= 4 is 39.9 Å². The van der Waals surface area contributed by atoms with Crippen LogP contribution in [0.25, 0.3) is 0 Å². The first-order valence-electron chi connectivity index (χ1n) is 8.76. The molecule has 1 atom stereocenters. The first kappa shape index (κ1) is 20.1. The highest BCUT2D eigenvalue weighted by molar-refractivity contribution is 7.15. The number of halogens is 1. The Morgan fingerprint density at radius 3 is 2.75 bits per heavy atom. The first-order valence-corrected chi connectivity index (χ1v) is 9.96. The highest BCUT2D eigenvalue weighted by Gasteiger charge is 2.26. The van der Waals surface area contributed by atoms with Crippen LogP contribution in [0, 0.1) is 5.92 Å². The minimum Gasteiger partial charge on any atom is -0.459 e. The second-order valence-electron chi connectivity index (χ2n) is 6.60. The van der Waals surface area contributed by atoms with Gasteiger partial charge < -0.3 is 15.1 Å². The molecule has 0 spiro atoms. The fourth-order valence-electron chi connectivity index (χ4n) is 2.63. The van der Waals surface area contributed by atoms with Crippen LogP contribution >= 0.6 is 22.9 Å². The maximum absolute atomic E-state index is 12.7. The van der Waals surface area contributed by atoms with Gasteiger partial charge in [-0.15, -0.1) is 11.3 Å². The zero-order valence-corrected chi connectivity index (χ0v) is 17.0. The van der Waals surface area contributed by atoms with Crippen LogP contribution in [-0.4, -0.2) is 22.8 Å². The Balaban J connectivity index is 1.63. The summed E-state index contributed by atoms with van der Waals surface area (Å²) in [6.45, 7) is 3.72. The van der Waals surface area contributed by atoms with Crippen LogP contribution in [0.15, 0.2) is 53.3 Å². The highest BCUT2D eigenvalue weighted by Crippen LogP contribution is 2.23. The lowest BCUT2D eigenvalue weighted by Gasteiger charge is -2.20. The van der Waals surface area contributed by atoms with Crippen LogP contribution in [0.4, 0.5) is 5.13 Å². The predicted molar refractivity (Wildman–Crippen MR) is 110 cm³/mol. The maximum atomic E-state index is 12.7. The van der Waals surface area contributed by atoms with Gasteiger partial charge in [-0.3, -0.25) is 9.59 Å². The number of carbonyl (C=O) groups is 2. The van der Waals surface area contributed by atoms with E-state index in [9.17, 15) is 9.59 Å². The number of hydrogen-bond acceptors (Lipinski definition) is 5. The van der Waals surface area contributed by atoms with Crippen molar-refractivity contribution in [1.29, 1.82) is 0 Å². The summed E-state index contributed by atoms with van der Waals surface area (Å²) in [5, 5.41) is 6.67. The topological polar surface area (TPSA) is 84.2 Å². The van der Waals surface area contributed by atoms with Crippen molar-refractivity contribution in [1.82, 2.24) is 10.3 Å². The largest absolute Gasteiger partial charge is 0.459 e. The van der Waals surface area contributed by atoms with Crippen molar-refractivity contribution in [2.24, 2.45) is 5.92 Å².